The van der Waals surface area contributed by atoms with E-state index in [1.165, 1.54) is 4.52 Å². The number of hydrogen-bond donors (Lipinski definition) is 0. The number of fused-ring (bicyclic) bond motifs is 1. The Morgan fingerprint density at radius 3 is 2.17 bits per heavy atom. The van der Waals surface area contributed by atoms with Crippen LogP contribution >= 0.6 is 22.9 Å². The first kappa shape index (κ1) is 22.1. The number of thiazole rings is 1. The predicted octanol–water partition coefficient (Wildman–Crippen LogP) is 4.23. The molecule has 0 aliphatic rings. The molecule has 3 heterocycles. The van der Waals surface area contributed by atoms with E-state index >= 15 is 0 Å². The van der Waals surface area contributed by atoms with Gasteiger partial charge in [-0.1, -0.05) is 83.6 Å². The summed E-state index contributed by atoms with van der Waals surface area (Å²) in [5, 5.41) is 9.74. The highest BCUT2D eigenvalue weighted by Crippen LogP contribution is 2.26. The summed E-state index contributed by atoms with van der Waals surface area (Å²) < 4.78 is 3.34. The maximum absolute atomic E-state index is 13.3. The van der Waals surface area contributed by atoms with Crippen LogP contribution in [0.2, 0.25) is 5.02 Å². The molecule has 36 heavy (non-hydrogen) atoms. The van der Waals surface area contributed by atoms with E-state index < -0.39 is 5.56 Å². The highest BCUT2D eigenvalue weighted by molar-refractivity contribution is 7.15. The van der Waals surface area contributed by atoms with Gasteiger partial charge < -0.3 is 0 Å². The van der Waals surface area contributed by atoms with Crippen molar-refractivity contribution in [2.75, 3.05) is 0 Å². The van der Waals surface area contributed by atoms with Crippen molar-refractivity contribution in [2.24, 2.45) is 0 Å². The molecule has 0 aliphatic carbocycles. The van der Waals surface area contributed by atoms with Gasteiger partial charge in [-0.15, -0.1) is 0 Å². The van der Waals surface area contributed by atoms with Crippen LogP contribution in [-0.2, 0) is 0 Å². The van der Waals surface area contributed by atoms with Crippen molar-refractivity contribution >= 4 is 34.0 Å². The van der Waals surface area contributed by atoms with Gasteiger partial charge >= 0.3 is 5.56 Å². The fourth-order valence-corrected chi connectivity index (χ4v) is 4.89. The minimum absolute atomic E-state index is 0.133. The second kappa shape index (κ2) is 8.99. The van der Waals surface area contributed by atoms with Gasteiger partial charge in [-0.3, -0.25) is 9.59 Å². The molecule has 9 heteroatoms. The molecule has 6 aromatic rings. The van der Waals surface area contributed by atoms with E-state index in [1.807, 2.05) is 54.7 Å². The molecule has 0 aliphatic heterocycles. The minimum Gasteiger partial charge on any atom is -0.266 e. The van der Waals surface area contributed by atoms with Gasteiger partial charge in [0.15, 0.2) is 5.69 Å². The van der Waals surface area contributed by atoms with E-state index in [2.05, 4.69) is 10.1 Å². The molecular weight excluding hydrogens is 494 g/mol. The van der Waals surface area contributed by atoms with Crippen LogP contribution in [0.3, 0.4) is 0 Å². The molecule has 0 spiro atoms. The molecule has 0 fully saturated rings. The lowest BCUT2D eigenvalue weighted by atomic mass is 10.1. The van der Waals surface area contributed by atoms with E-state index in [-0.39, 0.29) is 16.2 Å². The van der Waals surface area contributed by atoms with Crippen molar-refractivity contribution in [3.05, 3.63) is 127 Å². The summed E-state index contributed by atoms with van der Waals surface area (Å²) in [5.74, 6) is 0. The molecule has 0 bridgehead atoms. The van der Waals surface area contributed by atoms with Crippen LogP contribution in [0.1, 0.15) is 5.56 Å². The lowest BCUT2D eigenvalue weighted by Gasteiger charge is -2.00. The highest BCUT2D eigenvalue weighted by Gasteiger charge is 2.15. The average Bonchev–Trinajstić information content (AvgIpc) is 3.46. The van der Waals surface area contributed by atoms with Crippen molar-refractivity contribution in [2.45, 2.75) is 0 Å². The molecule has 3 aromatic heterocycles. The molecule has 6 rings (SSSR count). The molecule has 0 saturated heterocycles. The highest BCUT2D eigenvalue weighted by atomic mass is 35.5. The second-order valence-electron chi connectivity index (χ2n) is 7.96. The normalized spacial score (nSPS) is 11.9. The quantitative estimate of drug-likeness (QED) is 0.355. The third-order valence-electron chi connectivity index (χ3n) is 5.60. The van der Waals surface area contributed by atoms with Gasteiger partial charge in [0.05, 0.1) is 10.2 Å². The van der Waals surface area contributed by atoms with E-state index in [0.29, 0.717) is 20.8 Å². The first-order valence-corrected chi connectivity index (χ1v) is 12.2. The first-order valence-electron chi connectivity index (χ1n) is 11.0. The van der Waals surface area contributed by atoms with Crippen LogP contribution in [-0.4, -0.2) is 24.4 Å². The summed E-state index contributed by atoms with van der Waals surface area (Å²) >= 11 is 7.20. The Bertz CT molecular complexity index is 1880. The van der Waals surface area contributed by atoms with Crippen molar-refractivity contribution in [3.8, 4) is 28.2 Å². The number of hydrogen-bond acceptors (Lipinski definition) is 6. The van der Waals surface area contributed by atoms with Crippen molar-refractivity contribution in [1.82, 2.24) is 24.4 Å². The van der Waals surface area contributed by atoms with Gasteiger partial charge in [-0.25, -0.2) is 4.68 Å². The van der Waals surface area contributed by atoms with Gasteiger partial charge in [-0.05, 0) is 30.3 Å². The minimum atomic E-state index is -0.479. The van der Waals surface area contributed by atoms with Crippen LogP contribution in [0.25, 0.3) is 39.2 Å². The van der Waals surface area contributed by atoms with Crippen molar-refractivity contribution in [3.63, 3.8) is 0 Å². The topological polar surface area (TPSA) is 82.1 Å². The fourth-order valence-electron chi connectivity index (χ4n) is 3.87. The molecule has 7 nitrogen and oxygen atoms in total. The Morgan fingerprint density at radius 1 is 0.778 bits per heavy atom. The van der Waals surface area contributed by atoms with Gasteiger partial charge in [0.25, 0.3) is 5.56 Å². The zero-order chi connectivity index (χ0) is 24.6. The Balaban J connectivity index is 1.55. The Morgan fingerprint density at radius 2 is 1.44 bits per heavy atom. The zero-order valence-corrected chi connectivity index (χ0v) is 20.1. The number of para-hydroxylation sites is 1. The maximum atomic E-state index is 13.3. The number of aromatic nitrogens is 5. The van der Waals surface area contributed by atoms with Gasteiger partial charge in [0, 0.05) is 27.9 Å². The molecule has 174 valence electrons. The molecule has 3 aromatic carbocycles. The zero-order valence-electron chi connectivity index (χ0n) is 18.6. The third-order valence-corrected chi connectivity index (χ3v) is 6.81. The summed E-state index contributed by atoms with van der Waals surface area (Å²) in [6.45, 7) is 0. The van der Waals surface area contributed by atoms with Crippen LogP contribution in [0.5, 0.6) is 0 Å². The lowest BCUT2D eigenvalue weighted by molar-refractivity contribution is 0.873. The first-order chi connectivity index (χ1) is 17.6. The smallest absolute Gasteiger partial charge is 0.266 e. The van der Waals surface area contributed by atoms with E-state index in [4.69, 9.17) is 16.7 Å². The Hall–Kier alpha value is -4.40. The Labute approximate surface area is 213 Å². The second-order valence-corrected chi connectivity index (χ2v) is 9.41. The van der Waals surface area contributed by atoms with Crippen molar-refractivity contribution < 1.29 is 0 Å². The molecule has 0 radical (unpaired) electrons. The Kier molecular flexibility index (Phi) is 5.52. The van der Waals surface area contributed by atoms with Gasteiger partial charge in [0.2, 0.25) is 4.96 Å². The van der Waals surface area contributed by atoms with Gasteiger partial charge in [0.1, 0.15) is 5.69 Å². The predicted molar refractivity (Wildman–Crippen MR) is 142 cm³/mol. The molecular formula is C27H16ClN5O2S. The number of halogens is 1. The van der Waals surface area contributed by atoms with Crippen molar-refractivity contribution in [1.29, 1.82) is 0 Å². The van der Waals surface area contributed by atoms with Crippen LogP contribution in [0, 0.1) is 0 Å². The molecule has 0 saturated carbocycles. The SMILES string of the molecule is O=c1nc2s/c(=C\c3cn(-c4ccccc4)nc3-c3ccc(Cl)cc3)c(=O)n2nc1-c1ccccc1. The summed E-state index contributed by atoms with van der Waals surface area (Å²) in [6, 6.07) is 26.0. The molecule has 0 amide bonds. The largest absolute Gasteiger partial charge is 0.300 e. The molecule has 0 atom stereocenters. The number of rotatable bonds is 4. The monoisotopic (exact) mass is 509 g/mol. The standard InChI is InChI=1S/C27H16ClN5O2S/c28-20-13-11-18(12-14-20)23-19(16-32(30-23)21-9-5-2-6-10-21)15-22-26(35)33-27(36-22)29-25(34)24(31-33)17-7-3-1-4-8-17/h1-16H/b22-15-. The summed E-state index contributed by atoms with van der Waals surface area (Å²) in [6.07, 6.45) is 3.62. The lowest BCUT2D eigenvalue weighted by Crippen LogP contribution is -2.26. The summed E-state index contributed by atoms with van der Waals surface area (Å²) in [4.78, 5) is 30.3. The fraction of sp³-hybridized carbons (Fsp3) is 0. The third kappa shape index (κ3) is 4.02. The average molecular weight is 510 g/mol. The summed E-state index contributed by atoms with van der Waals surface area (Å²) in [5.41, 5.74) is 3.06. The van der Waals surface area contributed by atoms with Crippen LogP contribution in [0.15, 0.2) is 101 Å². The molecule has 0 unspecified atom stereocenters. The van der Waals surface area contributed by atoms with E-state index in [1.54, 1.807) is 47.2 Å². The van der Waals surface area contributed by atoms with Gasteiger partial charge in [-0.2, -0.15) is 19.7 Å². The number of nitrogens with zero attached hydrogens (tertiary/aromatic N) is 5. The van der Waals surface area contributed by atoms with Crippen LogP contribution in [0.4, 0.5) is 0 Å². The summed E-state index contributed by atoms with van der Waals surface area (Å²) in [7, 11) is 0. The van der Waals surface area contributed by atoms with Crippen LogP contribution < -0.4 is 15.7 Å². The molecule has 0 N–H and O–H groups in total. The maximum Gasteiger partial charge on any atom is 0.300 e. The number of benzene rings is 3. The van der Waals surface area contributed by atoms with E-state index in [0.717, 1.165) is 28.2 Å². The van der Waals surface area contributed by atoms with E-state index in [9.17, 15) is 9.59 Å².